The Morgan fingerprint density at radius 3 is 2.46 bits per heavy atom. The van der Waals surface area contributed by atoms with Gasteiger partial charge in [0.1, 0.15) is 0 Å². The fourth-order valence-corrected chi connectivity index (χ4v) is 2.85. The number of ether oxygens (including phenoxy) is 1. The summed E-state index contributed by atoms with van der Waals surface area (Å²) in [5.74, 6) is 0.0787. The largest absolute Gasteiger partial charge is 0.478 e. The molecule has 26 heavy (non-hydrogen) atoms. The van der Waals surface area contributed by atoms with E-state index in [1.165, 1.54) is 5.56 Å². The zero-order chi connectivity index (χ0) is 19.1. The minimum absolute atomic E-state index is 0.0544. The normalized spacial score (nSPS) is 12.1. The lowest BCUT2D eigenvalue weighted by atomic mass is 10.0. The number of likely N-dealkylation sites (N-methyl/N-ethyl adjacent to an activating group) is 1. The highest BCUT2D eigenvalue weighted by molar-refractivity contribution is 6.33. The maximum atomic E-state index is 12.5. The number of carbonyl (C=O) groups excluding carboxylic acids is 1. The van der Waals surface area contributed by atoms with Crippen LogP contribution in [0.2, 0.25) is 5.02 Å². The van der Waals surface area contributed by atoms with E-state index < -0.39 is 0 Å². The summed E-state index contributed by atoms with van der Waals surface area (Å²) in [6.07, 6.45) is 1.00. The maximum absolute atomic E-state index is 12.5. The molecule has 2 aromatic rings. The van der Waals surface area contributed by atoms with Crippen LogP contribution in [0.1, 0.15) is 41.5 Å². The third-order valence-corrected chi connectivity index (χ3v) is 4.48. The van der Waals surface area contributed by atoms with Gasteiger partial charge in [-0.2, -0.15) is 0 Å². The Morgan fingerprint density at radius 2 is 1.88 bits per heavy atom. The van der Waals surface area contributed by atoms with Crippen molar-refractivity contribution in [2.45, 2.75) is 26.3 Å². The number of nitrogens with zero attached hydrogens (tertiary/aromatic N) is 2. The van der Waals surface area contributed by atoms with Crippen LogP contribution in [0.3, 0.4) is 0 Å². The molecule has 1 heterocycles. The molecule has 1 unspecified atom stereocenters. The van der Waals surface area contributed by atoms with E-state index >= 15 is 0 Å². The lowest BCUT2D eigenvalue weighted by Crippen LogP contribution is -2.35. The molecule has 2 rings (SSSR count). The van der Waals surface area contributed by atoms with Crippen LogP contribution < -0.4 is 10.1 Å². The molecule has 0 saturated carbocycles. The molecule has 0 aliphatic carbocycles. The van der Waals surface area contributed by atoms with Crippen molar-refractivity contribution in [3.8, 4) is 5.88 Å². The Balaban J connectivity index is 2.11. The number of aryl methyl sites for hydroxylation is 1. The van der Waals surface area contributed by atoms with Crippen molar-refractivity contribution in [1.82, 2.24) is 15.2 Å². The molecule has 0 fully saturated rings. The first-order valence-corrected chi connectivity index (χ1v) is 9.16. The quantitative estimate of drug-likeness (QED) is 0.763. The summed E-state index contributed by atoms with van der Waals surface area (Å²) < 4.78 is 5.35. The predicted octanol–water partition coefficient (Wildman–Crippen LogP) is 3.73. The summed E-state index contributed by atoms with van der Waals surface area (Å²) in [5.41, 5.74) is 2.62. The molecular weight excluding hydrogens is 350 g/mol. The number of rotatable bonds is 8. The van der Waals surface area contributed by atoms with E-state index in [4.69, 9.17) is 16.3 Å². The minimum atomic E-state index is -0.311. The molecular formula is C20H26ClN3O2. The number of carbonyl (C=O) groups is 1. The molecule has 0 aliphatic rings. The molecule has 140 valence electrons. The van der Waals surface area contributed by atoms with E-state index in [0.29, 0.717) is 24.1 Å². The Kier molecular flexibility index (Phi) is 7.42. The topological polar surface area (TPSA) is 54.5 Å². The van der Waals surface area contributed by atoms with Crippen LogP contribution in [0.5, 0.6) is 5.88 Å². The predicted molar refractivity (Wildman–Crippen MR) is 105 cm³/mol. The zero-order valence-corrected chi connectivity index (χ0v) is 16.5. The molecule has 0 radical (unpaired) electrons. The number of hydrogen-bond acceptors (Lipinski definition) is 4. The second-order valence-corrected chi connectivity index (χ2v) is 6.60. The van der Waals surface area contributed by atoms with Gasteiger partial charge in [-0.15, -0.1) is 0 Å². The van der Waals surface area contributed by atoms with Crippen molar-refractivity contribution in [2.75, 3.05) is 27.2 Å². The summed E-state index contributed by atoms with van der Waals surface area (Å²) in [7, 11) is 3.98. The average molecular weight is 376 g/mol. The van der Waals surface area contributed by atoms with Crippen LogP contribution >= 0.6 is 11.6 Å². The summed E-state index contributed by atoms with van der Waals surface area (Å²) >= 11 is 6.13. The first kappa shape index (κ1) is 20.2. The van der Waals surface area contributed by atoms with Gasteiger partial charge in [0.25, 0.3) is 5.91 Å². The van der Waals surface area contributed by atoms with Crippen LogP contribution in [0.4, 0.5) is 0 Å². The molecule has 0 saturated heterocycles. The van der Waals surface area contributed by atoms with E-state index in [1.807, 2.05) is 21.0 Å². The fraction of sp³-hybridized carbons (Fsp3) is 0.400. The number of nitrogens with one attached hydrogen (secondary N) is 1. The van der Waals surface area contributed by atoms with Gasteiger partial charge in [0, 0.05) is 12.6 Å². The van der Waals surface area contributed by atoms with Crippen LogP contribution in [0.25, 0.3) is 0 Å². The van der Waals surface area contributed by atoms with Gasteiger partial charge in [0.15, 0.2) is 5.69 Å². The molecule has 1 amide bonds. The second-order valence-electron chi connectivity index (χ2n) is 6.20. The van der Waals surface area contributed by atoms with E-state index in [-0.39, 0.29) is 17.6 Å². The first-order chi connectivity index (χ1) is 12.5. The molecule has 0 bridgehead atoms. The lowest BCUT2D eigenvalue weighted by Gasteiger charge is -2.25. The Hall–Kier alpha value is -2.11. The van der Waals surface area contributed by atoms with Crippen molar-refractivity contribution in [3.05, 3.63) is 58.2 Å². The van der Waals surface area contributed by atoms with Gasteiger partial charge in [-0.3, -0.25) is 4.79 Å². The highest BCUT2D eigenvalue weighted by Crippen LogP contribution is 2.20. The number of halogens is 1. The van der Waals surface area contributed by atoms with E-state index in [2.05, 4.69) is 46.4 Å². The van der Waals surface area contributed by atoms with Gasteiger partial charge >= 0.3 is 0 Å². The lowest BCUT2D eigenvalue weighted by molar-refractivity contribution is 0.0936. The third kappa shape index (κ3) is 5.19. The molecule has 1 N–H and O–H groups in total. The van der Waals surface area contributed by atoms with Crippen molar-refractivity contribution >= 4 is 17.5 Å². The second kappa shape index (κ2) is 9.55. The fourth-order valence-electron chi connectivity index (χ4n) is 2.66. The van der Waals surface area contributed by atoms with Gasteiger partial charge in [-0.1, -0.05) is 42.8 Å². The summed E-state index contributed by atoms with van der Waals surface area (Å²) in [4.78, 5) is 18.8. The molecule has 1 aromatic heterocycles. The highest BCUT2D eigenvalue weighted by Gasteiger charge is 2.18. The van der Waals surface area contributed by atoms with Crippen molar-refractivity contribution in [3.63, 3.8) is 0 Å². The Morgan fingerprint density at radius 1 is 1.19 bits per heavy atom. The molecule has 0 aliphatic heterocycles. The molecule has 1 atom stereocenters. The van der Waals surface area contributed by atoms with Crippen LogP contribution in [-0.4, -0.2) is 43.0 Å². The zero-order valence-electron chi connectivity index (χ0n) is 15.8. The van der Waals surface area contributed by atoms with Gasteiger partial charge in [-0.05, 0) is 44.6 Å². The first-order valence-electron chi connectivity index (χ1n) is 8.79. The minimum Gasteiger partial charge on any atom is -0.478 e. The van der Waals surface area contributed by atoms with Crippen LogP contribution in [-0.2, 0) is 6.42 Å². The van der Waals surface area contributed by atoms with Crippen molar-refractivity contribution in [1.29, 1.82) is 0 Å². The number of aromatic nitrogens is 1. The standard InChI is InChI=1S/C20H26ClN3O2/c1-5-14-7-9-15(10-8-14)17(24(3)4)13-22-20(25)19-16(21)11-12-18(23-19)26-6-2/h7-12,17H,5-6,13H2,1-4H3,(H,22,25). The number of hydrogen-bond donors (Lipinski definition) is 1. The number of pyridine rings is 1. The average Bonchev–Trinajstić information content (AvgIpc) is 2.63. The van der Waals surface area contributed by atoms with E-state index in [1.54, 1.807) is 12.1 Å². The van der Waals surface area contributed by atoms with Gasteiger partial charge in [-0.25, -0.2) is 4.98 Å². The van der Waals surface area contributed by atoms with Crippen molar-refractivity contribution < 1.29 is 9.53 Å². The molecule has 0 spiro atoms. The molecule has 1 aromatic carbocycles. The summed E-state index contributed by atoms with van der Waals surface area (Å²) in [6, 6.07) is 11.8. The Bertz CT molecular complexity index is 732. The van der Waals surface area contributed by atoms with Gasteiger partial charge in [0.2, 0.25) is 5.88 Å². The highest BCUT2D eigenvalue weighted by atomic mass is 35.5. The summed E-state index contributed by atoms with van der Waals surface area (Å²) in [5, 5.41) is 3.24. The van der Waals surface area contributed by atoms with Gasteiger partial charge < -0.3 is 15.0 Å². The number of benzene rings is 1. The maximum Gasteiger partial charge on any atom is 0.271 e. The van der Waals surface area contributed by atoms with Crippen LogP contribution in [0, 0.1) is 0 Å². The Labute approximate surface area is 160 Å². The van der Waals surface area contributed by atoms with Crippen molar-refractivity contribution in [2.24, 2.45) is 0 Å². The van der Waals surface area contributed by atoms with Crippen LogP contribution in [0.15, 0.2) is 36.4 Å². The smallest absolute Gasteiger partial charge is 0.271 e. The number of amides is 1. The van der Waals surface area contributed by atoms with Gasteiger partial charge in [0.05, 0.1) is 17.7 Å². The SMILES string of the molecule is CCOc1ccc(Cl)c(C(=O)NCC(c2ccc(CC)cc2)N(C)C)n1. The monoisotopic (exact) mass is 375 g/mol. The van der Waals surface area contributed by atoms with E-state index in [0.717, 1.165) is 12.0 Å². The molecule has 5 nitrogen and oxygen atoms in total. The third-order valence-electron chi connectivity index (χ3n) is 4.18. The van der Waals surface area contributed by atoms with E-state index in [9.17, 15) is 4.79 Å². The molecule has 6 heteroatoms. The summed E-state index contributed by atoms with van der Waals surface area (Å²) in [6.45, 7) is 4.92.